The lowest BCUT2D eigenvalue weighted by Gasteiger charge is -2.72. The maximum absolute atomic E-state index is 13.4. The summed E-state index contributed by atoms with van der Waals surface area (Å²) in [5, 5.41) is 44.5. The average molecular weight is 519 g/mol. The third kappa shape index (κ3) is 3.16. The molecule has 0 saturated heterocycles. The maximum Gasteiger partial charge on any atom is 0.312 e. The van der Waals surface area contributed by atoms with Gasteiger partial charge in [0, 0.05) is 11.3 Å². The van der Waals surface area contributed by atoms with Gasteiger partial charge in [0.1, 0.15) is 0 Å². The molecule has 0 amide bonds. The van der Waals surface area contributed by atoms with E-state index in [9.17, 15) is 25.2 Å². The normalized spacial score (nSPS) is 57.2. The van der Waals surface area contributed by atoms with Crippen molar-refractivity contribution < 1.29 is 30.0 Å². The monoisotopic (exact) mass is 518 g/mol. The summed E-state index contributed by atoms with van der Waals surface area (Å²) < 4.78 is 5.41. The smallest absolute Gasteiger partial charge is 0.312 e. The molecule has 5 aliphatic rings. The van der Waals surface area contributed by atoms with E-state index in [0.717, 1.165) is 38.5 Å². The molecular weight excluding hydrogens is 468 g/mol. The number of hydrogen-bond donors (Lipinski definition) is 4. The van der Waals surface area contributed by atoms with E-state index in [4.69, 9.17) is 4.74 Å². The predicted molar refractivity (Wildman–Crippen MR) is 141 cm³/mol. The molecule has 0 aromatic heterocycles. The molecule has 0 radical (unpaired) electrons. The van der Waals surface area contributed by atoms with Gasteiger partial charge >= 0.3 is 5.97 Å². The number of allylic oxidation sites excluding steroid dienone is 1. The highest BCUT2D eigenvalue weighted by molar-refractivity contribution is 5.79. The van der Waals surface area contributed by atoms with Crippen molar-refractivity contribution in [3.63, 3.8) is 0 Å². The van der Waals surface area contributed by atoms with Gasteiger partial charge in [-0.1, -0.05) is 46.3 Å². The van der Waals surface area contributed by atoms with Crippen molar-refractivity contribution >= 4 is 5.97 Å². The Morgan fingerprint density at radius 1 is 1.03 bits per heavy atom. The van der Waals surface area contributed by atoms with E-state index < -0.39 is 28.6 Å². The van der Waals surface area contributed by atoms with Crippen molar-refractivity contribution in [1.82, 2.24) is 0 Å². The van der Waals surface area contributed by atoms with Gasteiger partial charge in [-0.05, 0) is 92.3 Å². The van der Waals surface area contributed by atoms with Crippen LogP contribution in [-0.4, -0.2) is 57.9 Å². The summed E-state index contributed by atoms with van der Waals surface area (Å²) >= 11 is 0. The van der Waals surface area contributed by atoms with Crippen LogP contribution in [0.1, 0.15) is 92.9 Å². The third-order valence-electron chi connectivity index (χ3n) is 13.7. The summed E-state index contributed by atoms with van der Waals surface area (Å²) in [6, 6.07) is 0. The Labute approximate surface area is 222 Å². The number of rotatable bonds is 2. The number of fused-ring (bicyclic) bond motifs is 7. The number of aliphatic hydroxyl groups excluding tert-OH is 3. The minimum atomic E-state index is -1.01. The standard InChI is InChI=1S/C31H50O6/c1-18-10-13-31(25(35)37-7)15-14-28(4)19(23(31)30(18,6)36)8-9-22-26(2)16-20(33)24(34)27(3,17-32)21(26)11-12-29(22,28)5/h8,18,20-24,32-34,36H,9-17H2,1-7H3/t18-,20-,21-,22-,23-,24-,26+,27+,28-,29-,30-,31+/m1/s1. The van der Waals surface area contributed by atoms with E-state index in [0.29, 0.717) is 12.8 Å². The van der Waals surface area contributed by atoms with E-state index >= 15 is 0 Å². The van der Waals surface area contributed by atoms with E-state index in [-0.39, 0.29) is 52.5 Å². The van der Waals surface area contributed by atoms with Crippen molar-refractivity contribution in [2.24, 2.45) is 50.7 Å². The largest absolute Gasteiger partial charge is 0.469 e. The molecular formula is C31H50O6. The molecule has 4 fully saturated rings. The van der Waals surface area contributed by atoms with Crippen LogP contribution >= 0.6 is 0 Å². The maximum atomic E-state index is 13.4. The molecule has 0 spiro atoms. The Hall–Kier alpha value is -0.950. The molecule has 37 heavy (non-hydrogen) atoms. The molecule has 210 valence electrons. The van der Waals surface area contributed by atoms with Gasteiger partial charge in [-0.15, -0.1) is 0 Å². The number of carbonyl (C=O) groups excluding carboxylic acids is 1. The number of carbonyl (C=O) groups is 1. The predicted octanol–water partition coefficient (Wildman–Crippen LogP) is 4.24. The van der Waals surface area contributed by atoms with Gasteiger partial charge in [-0.3, -0.25) is 4.79 Å². The van der Waals surface area contributed by atoms with Crippen LogP contribution in [0, 0.1) is 50.7 Å². The molecule has 0 aliphatic heterocycles. The van der Waals surface area contributed by atoms with Crippen molar-refractivity contribution in [3.05, 3.63) is 11.6 Å². The molecule has 4 N–H and O–H groups in total. The highest BCUT2D eigenvalue weighted by atomic mass is 16.5. The van der Waals surface area contributed by atoms with Gasteiger partial charge in [0.15, 0.2) is 0 Å². The van der Waals surface area contributed by atoms with Gasteiger partial charge in [0.05, 0.1) is 36.9 Å². The summed E-state index contributed by atoms with van der Waals surface area (Å²) in [6.45, 7) is 12.9. The van der Waals surface area contributed by atoms with Crippen LogP contribution in [0.25, 0.3) is 0 Å². The Bertz CT molecular complexity index is 990. The lowest BCUT2D eigenvalue weighted by molar-refractivity contribution is -0.247. The van der Waals surface area contributed by atoms with Crippen molar-refractivity contribution in [3.8, 4) is 0 Å². The minimum absolute atomic E-state index is 0.0811. The molecule has 5 rings (SSSR count). The van der Waals surface area contributed by atoms with Crippen molar-refractivity contribution in [2.75, 3.05) is 13.7 Å². The van der Waals surface area contributed by atoms with Crippen LogP contribution in [0.15, 0.2) is 11.6 Å². The van der Waals surface area contributed by atoms with Gasteiger partial charge in [-0.25, -0.2) is 0 Å². The summed E-state index contributed by atoms with van der Waals surface area (Å²) in [5.74, 6) is -0.0105. The van der Waals surface area contributed by atoms with Crippen LogP contribution in [-0.2, 0) is 9.53 Å². The van der Waals surface area contributed by atoms with Crippen molar-refractivity contribution in [2.45, 2.75) is 111 Å². The van der Waals surface area contributed by atoms with Gasteiger partial charge in [-0.2, -0.15) is 0 Å². The van der Waals surface area contributed by atoms with E-state index in [1.165, 1.54) is 12.7 Å². The van der Waals surface area contributed by atoms with E-state index in [1.807, 2.05) is 13.8 Å². The van der Waals surface area contributed by atoms with Crippen LogP contribution in [0.4, 0.5) is 0 Å². The topological polar surface area (TPSA) is 107 Å². The average Bonchev–Trinajstić information content (AvgIpc) is 2.84. The first-order valence-electron chi connectivity index (χ1n) is 14.6. The molecule has 0 aromatic rings. The Kier molecular flexibility index (Phi) is 6.18. The number of ether oxygens (including phenoxy) is 1. The van der Waals surface area contributed by atoms with Crippen molar-refractivity contribution in [1.29, 1.82) is 0 Å². The fraction of sp³-hybridized carbons (Fsp3) is 0.903. The van der Waals surface area contributed by atoms with E-state index in [2.05, 4.69) is 33.8 Å². The zero-order valence-corrected chi connectivity index (χ0v) is 24.0. The second-order valence-electron chi connectivity index (χ2n) is 14.9. The quantitative estimate of drug-likeness (QED) is 0.322. The fourth-order valence-corrected chi connectivity index (χ4v) is 11.2. The molecule has 0 heterocycles. The number of esters is 1. The summed E-state index contributed by atoms with van der Waals surface area (Å²) in [6.07, 6.45) is 6.86. The molecule has 0 aromatic carbocycles. The molecule has 5 aliphatic carbocycles. The van der Waals surface area contributed by atoms with Gasteiger partial charge < -0.3 is 25.2 Å². The highest BCUT2D eigenvalue weighted by Gasteiger charge is 2.72. The lowest BCUT2D eigenvalue weighted by atomic mass is 9.33. The summed E-state index contributed by atoms with van der Waals surface area (Å²) in [7, 11) is 1.48. The first kappa shape index (κ1) is 27.6. The Balaban J connectivity index is 1.65. The first-order chi connectivity index (χ1) is 17.1. The number of methoxy groups -OCH3 is 1. The number of hydrogen-bond acceptors (Lipinski definition) is 6. The van der Waals surface area contributed by atoms with Crippen LogP contribution in [0.5, 0.6) is 0 Å². The van der Waals surface area contributed by atoms with E-state index in [1.54, 1.807) is 0 Å². The summed E-state index contributed by atoms with van der Waals surface area (Å²) in [4.78, 5) is 13.4. The third-order valence-corrected chi connectivity index (χ3v) is 13.7. The van der Waals surface area contributed by atoms with Crippen LogP contribution in [0.3, 0.4) is 0 Å². The Morgan fingerprint density at radius 2 is 1.70 bits per heavy atom. The zero-order chi connectivity index (χ0) is 27.4. The fourth-order valence-electron chi connectivity index (χ4n) is 11.2. The molecule has 4 saturated carbocycles. The summed E-state index contributed by atoms with van der Waals surface area (Å²) in [5.41, 5.74) is -1.75. The van der Waals surface area contributed by atoms with Crippen LogP contribution in [0.2, 0.25) is 0 Å². The molecule has 6 heteroatoms. The minimum Gasteiger partial charge on any atom is -0.469 e. The molecule has 12 atom stereocenters. The number of aliphatic hydroxyl groups is 4. The SMILES string of the molecule is COC(=O)[C@]12CC[C@@H](C)[C@@](C)(O)[C@H]1C1=CC[C@@H]3[C@@]4(C)C[C@@H](O)[C@@H](O)[C@@](C)(CO)[C@@H]4CC[C@@]3(C)[C@]1(C)CC2. The van der Waals surface area contributed by atoms with Gasteiger partial charge in [0.25, 0.3) is 0 Å². The lowest BCUT2D eigenvalue weighted by Crippen LogP contribution is -2.69. The van der Waals surface area contributed by atoms with Gasteiger partial charge in [0.2, 0.25) is 0 Å². The highest BCUT2D eigenvalue weighted by Crippen LogP contribution is 2.76. The van der Waals surface area contributed by atoms with Crippen LogP contribution < -0.4 is 0 Å². The Morgan fingerprint density at radius 3 is 2.32 bits per heavy atom. The molecule has 0 bridgehead atoms. The zero-order valence-electron chi connectivity index (χ0n) is 24.0. The second-order valence-corrected chi connectivity index (χ2v) is 14.9. The molecule has 6 nitrogen and oxygen atoms in total. The molecule has 0 unspecified atom stereocenters. The first-order valence-corrected chi connectivity index (χ1v) is 14.6. The second kappa shape index (κ2) is 8.28.